The molecule has 0 aromatic rings. The highest BCUT2D eigenvalue weighted by Gasteiger charge is 2.17. The topological polar surface area (TPSA) is 89.2 Å². The van der Waals surface area contributed by atoms with Crippen molar-refractivity contribution >= 4 is 5.84 Å². The molecule has 0 unspecified atom stereocenters. The summed E-state index contributed by atoms with van der Waals surface area (Å²) in [5.74, 6) is 1.34. The van der Waals surface area contributed by atoms with Gasteiger partial charge in [-0.15, -0.1) is 0 Å². The molecule has 0 saturated carbocycles. The van der Waals surface area contributed by atoms with Gasteiger partial charge in [0.05, 0.1) is 0 Å². The quantitative estimate of drug-likeness (QED) is 0.157. The van der Waals surface area contributed by atoms with Gasteiger partial charge in [0, 0.05) is 33.1 Å². The molecule has 7 heteroatoms. The Hall–Kier alpha value is -0.730. The lowest BCUT2D eigenvalue weighted by molar-refractivity contribution is -0.524. The van der Waals surface area contributed by atoms with Crippen molar-refractivity contribution in [1.82, 2.24) is 26.6 Å². The van der Waals surface area contributed by atoms with Gasteiger partial charge in [0.2, 0.25) is 5.84 Å². The lowest BCUT2D eigenvalue weighted by atomic mass is 10.4. The molecule has 0 amide bonds. The first-order valence-electron chi connectivity index (χ1n) is 6.26. The van der Waals surface area contributed by atoms with Gasteiger partial charge < -0.3 is 5.73 Å². The standard InChI is InChI=1S/C10H25N7.CH4/c1-2-10-16-3-4-17(10)9-15-8-14-7-13-6-12-5-11;/h12-15H,2-9,11H2,1H3;1H4/p+1. The maximum absolute atomic E-state index is 5.29. The minimum absolute atomic E-state index is 0. The van der Waals surface area contributed by atoms with Crippen LogP contribution in [0.5, 0.6) is 0 Å². The van der Waals surface area contributed by atoms with E-state index < -0.39 is 0 Å². The first kappa shape index (κ1) is 17.3. The fraction of sp³-hybridized carbons (Fsp3) is 0.909. The van der Waals surface area contributed by atoms with Crippen molar-refractivity contribution in [3.8, 4) is 0 Å². The molecule has 0 spiro atoms. The Morgan fingerprint density at radius 2 is 1.83 bits per heavy atom. The highest BCUT2D eigenvalue weighted by Crippen LogP contribution is 1.89. The van der Waals surface area contributed by atoms with E-state index in [1.165, 1.54) is 5.84 Å². The third kappa shape index (κ3) is 6.87. The van der Waals surface area contributed by atoms with Crippen LogP contribution >= 0.6 is 0 Å². The summed E-state index contributed by atoms with van der Waals surface area (Å²) in [4.78, 5) is 0. The summed E-state index contributed by atoms with van der Waals surface area (Å²) in [5.41, 5.74) is 5.29. The highest BCUT2D eigenvalue weighted by atomic mass is 15.3. The Morgan fingerprint density at radius 1 is 1.17 bits per heavy atom. The summed E-state index contributed by atoms with van der Waals surface area (Å²) < 4.78 is 2.34. The molecule has 0 atom stereocenters. The van der Waals surface area contributed by atoms with Crippen molar-refractivity contribution in [2.75, 3.05) is 46.4 Å². The molecule has 0 saturated heterocycles. The van der Waals surface area contributed by atoms with E-state index in [0.717, 1.165) is 46.2 Å². The van der Waals surface area contributed by atoms with Crippen molar-refractivity contribution in [2.45, 2.75) is 20.8 Å². The molecule has 1 aliphatic heterocycles. The summed E-state index contributed by atoms with van der Waals surface area (Å²) in [6.07, 6.45) is 1.07. The van der Waals surface area contributed by atoms with Crippen molar-refractivity contribution in [1.29, 1.82) is 0 Å². The predicted octanol–water partition coefficient (Wildman–Crippen LogP) is -1.85. The monoisotopic (exact) mass is 260 g/mol. The van der Waals surface area contributed by atoms with Crippen LogP contribution in [0.25, 0.3) is 0 Å². The maximum atomic E-state index is 5.29. The molecular formula is C11H30N7+. The SMILES string of the molecule is C.CCC1=[N+](CNCNCNCNCN)CCN1. The van der Waals surface area contributed by atoms with E-state index in [1.807, 2.05) is 0 Å². The fourth-order valence-electron chi connectivity index (χ4n) is 1.76. The molecular weight excluding hydrogens is 230 g/mol. The van der Waals surface area contributed by atoms with Gasteiger partial charge in [-0.25, -0.2) is 4.58 Å². The minimum atomic E-state index is 0. The van der Waals surface area contributed by atoms with Crippen molar-refractivity contribution < 1.29 is 4.58 Å². The molecule has 108 valence electrons. The summed E-state index contributed by atoms with van der Waals surface area (Å²) in [5, 5.41) is 16.1. The fourth-order valence-corrected chi connectivity index (χ4v) is 1.76. The van der Waals surface area contributed by atoms with E-state index in [-0.39, 0.29) is 7.43 Å². The number of nitrogens with one attached hydrogen (secondary N) is 5. The first-order chi connectivity index (χ1) is 8.38. The summed E-state index contributed by atoms with van der Waals surface area (Å²) in [6, 6.07) is 0. The van der Waals surface area contributed by atoms with Gasteiger partial charge in [-0.1, -0.05) is 14.4 Å². The van der Waals surface area contributed by atoms with Crippen LogP contribution in [0.1, 0.15) is 20.8 Å². The molecule has 7 nitrogen and oxygen atoms in total. The zero-order valence-corrected chi connectivity index (χ0v) is 10.7. The molecule has 1 rings (SSSR count). The average molecular weight is 260 g/mol. The molecule has 0 radical (unpaired) electrons. The van der Waals surface area contributed by atoms with E-state index in [0.29, 0.717) is 6.67 Å². The second-order valence-electron chi connectivity index (χ2n) is 3.88. The number of rotatable bonds is 10. The van der Waals surface area contributed by atoms with Crippen LogP contribution in [-0.4, -0.2) is 56.8 Å². The van der Waals surface area contributed by atoms with E-state index in [9.17, 15) is 0 Å². The summed E-state index contributed by atoms with van der Waals surface area (Å²) in [6.45, 7) is 8.01. The van der Waals surface area contributed by atoms with Gasteiger partial charge in [0.25, 0.3) is 0 Å². The second kappa shape index (κ2) is 11.4. The normalized spacial score (nSPS) is 14.6. The van der Waals surface area contributed by atoms with Gasteiger partial charge in [-0.2, -0.15) is 0 Å². The van der Waals surface area contributed by atoms with Crippen LogP contribution in [0.15, 0.2) is 0 Å². The number of hydrogen-bond donors (Lipinski definition) is 6. The van der Waals surface area contributed by atoms with E-state index in [1.54, 1.807) is 0 Å². The van der Waals surface area contributed by atoms with Gasteiger partial charge in [0.1, 0.15) is 19.8 Å². The smallest absolute Gasteiger partial charge is 0.245 e. The van der Waals surface area contributed by atoms with Gasteiger partial charge in [0.15, 0.2) is 0 Å². The van der Waals surface area contributed by atoms with Crippen LogP contribution in [0.2, 0.25) is 0 Å². The van der Waals surface area contributed by atoms with Crippen LogP contribution in [-0.2, 0) is 0 Å². The van der Waals surface area contributed by atoms with E-state index in [2.05, 4.69) is 38.1 Å². The third-order valence-electron chi connectivity index (χ3n) is 2.62. The lowest BCUT2D eigenvalue weighted by Crippen LogP contribution is -2.42. The van der Waals surface area contributed by atoms with Crippen LogP contribution in [0, 0.1) is 0 Å². The highest BCUT2D eigenvalue weighted by molar-refractivity contribution is 5.77. The Labute approximate surface area is 111 Å². The Bertz CT molecular complexity index is 229. The van der Waals surface area contributed by atoms with E-state index >= 15 is 0 Å². The lowest BCUT2D eigenvalue weighted by Gasteiger charge is -2.09. The number of nitrogens with zero attached hydrogens (tertiary/aromatic N) is 1. The van der Waals surface area contributed by atoms with Crippen LogP contribution in [0.3, 0.4) is 0 Å². The molecule has 7 N–H and O–H groups in total. The zero-order chi connectivity index (χ0) is 12.3. The largest absolute Gasteiger partial charge is 0.318 e. The minimum Gasteiger partial charge on any atom is -0.318 e. The predicted molar refractivity (Wildman–Crippen MR) is 76.2 cm³/mol. The first-order valence-corrected chi connectivity index (χ1v) is 6.26. The zero-order valence-electron chi connectivity index (χ0n) is 10.7. The molecule has 0 aromatic carbocycles. The summed E-state index contributed by atoms with van der Waals surface area (Å²) >= 11 is 0. The number of amidine groups is 1. The maximum Gasteiger partial charge on any atom is 0.245 e. The molecule has 1 heterocycles. The molecule has 1 aliphatic rings. The Balaban J connectivity index is 0.00000289. The molecule has 0 fully saturated rings. The second-order valence-corrected chi connectivity index (χ2v) is 3.88. The van der Waals surface area contributed by atoms with E-state index in [4.69, 9.17) is 5.73 Å². The van der Waals surface area contributed by atoms with Gasteiger partial charge in [-0.05, 0) is 0 Å². The molecule has 0 aromatic heterocycles. The van der Waals surface area contributed by atoms with Crippen molar-refractivity contribution in [2.24, 2.45) is 5.73 Å². The Kier molecular flexibility index (Phi) is 10.9. The molecule has 18 heavy (non-hydrogen) atoms. The summed E-state index contributed by atoms with van der Waals surface area (Å²) in [7, 11) is 0. The number of hydrogen-bond acceptors (Lipinski definition) is 6. The van der Waals surface area contributed by atoms with Gasteiger partial charge >= 0.3 is 0 Å². The van der Waals surface area contributed by atoms with Gasteiger partial charge in [-0.3, -0.25) is 26.6 Å². The van der Waals surface area contributed by atoms with Crippen molar-refractivity contribution in [3.05, 3.63) is 0 Å². The number of nitrogens with two attached hydrogens (primary N) is 1. The van der Waals surface area contributed by atoms with Crippen LogP contribution < -0.4 is 32.3 Å². The Morgan fingerprint density at radius 3 is 2.50 bits per heavy atom. The van der Waals surface area contributed by atoms with Crippen molar-refractivity contribution in [3.63, 3.8) is 0 Å². The molecule has 0 bridgehead atoms. The van der Waals surface area contributed by atoms with Crippen LogP contribution in [0.4, 0.5) is 0 Å². The molecule has 0 aliphatic carbocycles. The average Bonchev–Trinajstić information content (AvgIpc) is 2.80. The third-order valence-corrected chi connectivity index (χ3v) is 2.62.